The van der Waals surface area contributed by atoms with Crippen molar-refractivity contribution in [2.75, 3.05) is 44.8 Å². The second-order valence-corrected chi connectivity index (χ2v) is 8.01. The van der Waals surface area contributed by atoms with E-state index in [2.05, 4.69) is 20.2 Å². The number of benzene rings is 1. The number of ketones is 1. The normalized spacial score (nSPS) is 17.7. The molecule has 1 aromatic carbocycles. The number of nitrogens with zero attached hydrogens (tertiary/aromatic N) is 2. The minimum Gasteiger partial charge on any atom is -0.460 e. The van der Waals surface area contributed by atoms with Crippen LogP contribution in [0.2, 0.25) is 0 Å². The van der Waals surface area contributed by atoms with Gasteiger partial charge in [0.15, 0.2) is 11.3 Å². The fourth-order valence-corrected chi connectivity index (χ4v) is 3.87. The molecular formula is C25H23FN4O5. The lowest BCUT2D eigenvalue weighted by atomic mass is 10.1. The van der Waals surface area contributed by atoms with Gasteiger partial charge >= 0.3 is 5.97 Å². The molecule has 5 rings (SSSR count). The number of morpholine rings is 1. The number of H-pyrrole nitrogens is 1. The summed E-state index contributed by atoms with van der Waals surface area (Å²) in [6, 6.07) is 9.11. The molecule has 0 spiro atoms. The molecule has 0 atom stereocenters. The third kappa shape index (κ3) is 5.08. The maximum atomic E-state index is 13.3. The summed E-state index contributed by atoms with van der Waals surface area (Å²) >= 11 is 0. The van der Waals surface area contributed by atoms with E-state index in [1.54, 1.807) is 24.5 Å². The van der Waals surface area contributed by atoms with Crippen molar-refractivity contribution < 1.29 is 28.2 Å². The Balaban J connectivity index is 1.38. The first-order chi connectivity index (χ1) is 17.1. The number of allylic oxidation sites excluding steroid dienone is 1. The number of carbonyl (C=O) groups is 2. The van der Waals surface area contributed by atoms with Crippen molar-refractivity contribution in [2.45, 2.75) is 0 Å². The lowest BCUT2D eigenvalue weighted by molar-refractivity contribution is -0.140. The first-order valence-electron chi connectivity index (χ1n) is 11.2. The summed E-state index contributed by atoms with van der Waals surface area (Å²) in [5, 5.41) is 3.69. The lowest BCUT2D eigenvalue weighted by Crippen LogP contribution is -2.38. The second kappa shape index (κ2) is 10.1. The highest BCUT2D eigenvalue weighted by Crippen LogP contribution is 2.30. The van der Waals surface area contributed by atoms with Gasteiger partial charge in [-0.25, -0.2) is 14.2 Å². The molecule has 2 N–H and O–H groups in total. The maximum Gasteiger partial charge on any atom is 0.347 e. The van der Waals surface area contributed by atoms with Crippen molar-refractivity contribution in [1.29, 1.82) is 0 Å². The van der Waals surface area contributed by atoms with Crippen molar-refractivity contribution in [2.24, 2.45) is 0 Å². The molecule has 3 aromatic rings. The summed E-state index contributed by atoms with van der Waals surface area (Å²) in [7, 11) is 0. The molecule has 1 saturated heterocycles. The number of nitrogens with one attached hydrogen (secondary N) is 2. The summed E-state index contributed by atoms with van der Waals surface area (Å²) < 4.78 is 29.9. The van der Waals surface area contributed by atoms with Crippen LogP contribution < -0.4 is 5.32 Å². The molecule has 9 nitrogen and oxygen atoms in total. The van der Waals surface area contributed by atoms with Gasteiger partial charge in [-0.1, -0.05) is 0 Å². The first-order valence-corrected chi connectivity index (χ1v) is 11.2. The molecule has 0 aliphatic carbocycles. The van der Waals surface area contributed by atoms with Crippen LogP contribution in [0, 0.1) is 5.82 Å². The Bertz CT molecular complexity index is 1310. The smallest absolute Gasteiger partial charge is 0.347 e. The molecule has 0 radical (unpaired) electrons. The molecule has 0 unspecified atom stereocenters. The van der Waals surface area contributed by atoms with Crippen LogP contribution in [0.25, 0.3) is 17.1 Å². The zero-order chi connectivity index (χ0) is 24.2. The molecule has 10 heteroatoms. The van der Waals surface area contributed by atoms with E-state index in [1.807, 2.05) is 6.07 Å². The van der Waals surface area contributed by atoms with E-state index < -0.39 is 17.6 Å². The highest BCUT2D eigenvalue weighted by atomic mass is 19.1. The summed E-state index contributed by atoms with van der Waals surface area (Å²) in [5.74, 6) is -1.92. The number of halogens is 1. The quantitative estimate of drug-likeness (QED) is 0.303. The fourth-order valence-electron chi connectivity index (χ4n) is 3.87. The maximum absolute atomic E-state index is 13.3. The topological polar surface area (TPSA) is 106 Å². The van der Waals surface area contributed by atoms with Crippen LogP contribution in [-0.4, -0.2) is 66.1 Å². The van der Waals surface area contributed by atoms with E-state index in [4.69, 9.17) is 14.2 Å². The van der Waals surface area contributed by atoms with Crippen molar-refractivity contribution in [3.8, 4) is 0 Å². The van der Waals surface area contributed by atoms with Crippen molar-refractivity contribution >= 4 is 34.5 Å². The predicted molar refractivity (Wildman–Crippen MR) is 125 cm³/mol. The molecule has 2 aliphatic rings. The molecule has 1 fully saturated rings. The molecule has 2 aliphatic heterocycles. The van der Waals surface area contributed by atoms with Gasteiger partial charge in [-0.05, 0) is 42.5 Å². The fraction of sp³-hybridized carbons (Fsp3) is 0.240. The van der Waals surface area contributed by atoms with Gasteiger partial charge in [0.05, 0.1) is 13.2 Å². The molecule has 0 saturated carbocycles. The number of fused-ring (bicyclic) bond motifs is 1. The van der Waals surface area contributed by atoms with Gasteiger partial charge in [-0.15, -0.1) is 0 Å². The zero-order valence-electron chi connectivity index (χ0n) is 18.8. The number of carbonyl (C=O) groups excluding carboxylic acids is 2. The Kier molecular flexibility index (Phi) is 6.55. The SMILES string of the molecule is O=C(OCCN1CCOCC1)C1=C(Nc2ccc(F)cc2)O/C(=C\c2c[nH]c3ncccc23)C1=O. The van der Waals surface area contributed by atoms with E-state index in [0.717, 1.165) is 18.5 Å². The number of hydrogen-bond donors (Lipinski definition) is 2. The van der Waals surface area contributed by atoms with Gasteiger partial charge in [-0.2, -0.15) is 0 Å². The molecule has 0 bridgehead atoms. The number of rotatable bonds is 7. The molecule has 0 amide bonds. The minimum atomic E-state index is -0.795. The highest BCUT2D eigenvalue weighted by Gasteiger charge is 2.37. The Labute approximate surface area is 200 Å². The Morgan fingerprint density at radius 2 is 2.03 bits per heavy atom. The van der Waals surface area contributed by atoms with Gasteiger partial charge in [0.2, 0.25) is 11.7 Å². The number of esters is 1. The Morgan fingerprint density at radius 3 is 2.83 bits per heavy atom. The van der Waals surface area contributed by atoms with Gasteiger partial charge in [0.1, 0.15) is 18.1 Å². The number of hydrogen-bond acceptors (Lipinski definition) is 8. The number of pyridine rings is 1. The second-order valence-electron chi connectivity index (χ2n) is 8.01. The van der Waals surface area contributed by atoms with Gasteiger partial charge in [0.25, 0.3) is 0 Å². The molecule has 35 heavy (non-hydrogen) atoms. The number of Topliss-reactive ketones (excluding diaryl/α,β-unsaturated/α-hetero) is 1. The molecule has 4 heterocycles. The molecule has 2 aromatic heterocycles. The third-order valence-corrected chi connectivity index (χ3v) is 5.71. The molecule has 180 valence electrons. The number of aromatic nitrogens is 2. The van der Waals surface area contributed by atoms with E-state index >= 15 is 0 Å². The van der Waals surface area contributed by atoms with Gasteiger partial charge in [-0.3, -0.25) is 9.69 Å². The average Bonchev–Trinajstić information content (AvgIpc) is 3.42. The van der Waals surface area contributed by atoms with Crippen molar-refractivity contribution in [1.82, 2.24) is 14.9 Å². The number of aromatic amines is 1. The van der Waals surface area contributed by atoms with Crippen molar-refractivity contribution in [3.05, 3.63) is 77.4 Å². The van der Waals surface area contributed by atoms with Crippen LogP contribution in [0.5, 0.6) is 0 Å². The summed E-state index contributed by atoms with van der Waals surface area (Å²) in [4.78, 5) is 35.6. The predicted octanol–water partition coefficient (Wildman–Crippen LogP) is 2.84. The molecular weight excluding hydrogens is 455 g/mol. The van der Waals surface area contributed by atoms with Crippen LogP contribution >= 0.6 is 0 Å². The first kappa shape index (κ1) is 22.8. The van der Waals surface area contributed by atoms with Crippen molar-refractivity contribution in [3.63, 3.8) is 0 Å². The average molecular weight is 478 g/mol. The standard InChI is InChI=1S/C25H23FN4O5/c26-17-3-5-18(6-4-17)29-24-21(25(32)34-13-10-30-8-11-33-12-9-30)22(31)20(35-24)14-16-15-28-23-19(16)2-1-7-27-23/h1-7,14-15,29H,8-13H2,(H,27,28)/b20-14-. The monoisotopic (exact) mass is 478 g/mol. The van der Waals surface area contributed by atoms with Gasteiger partial charge in [0, 0.05) is 48.7 Å². The van der Waals surface area contributed by atoms with Crippen LogP contribution in [0.3, 0.4) is 0 Å². The van der Waals surface area contributed by atoms with Gasteiger partial charge < -0.3 is 24.5 Å². The Hall–Kier alpha value is -4.02. The number of anilines is 1. The summed E-state index contributed by atoms with van der Waals surface area (Å²) in [6.45, 7) is 3.43. The third-order valence-electron chi connectivity index (χ3n) is 5.71. The van der Waals surface area contributed by atoms with Crippen LogP contribution in [0.1, 0.15) is 5.56 Å². The Morgan fingerprint density at radius 1 is 1.23 bits per heavy atom. The lowest BCUT2D eigenvalue weighted by Gasteiger charge is -2.26. The van der Waals surface area contributed by atoms with Crippen LogP contribution in [0.4, 0.5) is 10.1 Å². The summed E-state index contributed by atoms with van der Waals surface area (Å²) in [5.41, 5.74) is 1.54. The van der Waals surface area contributed by atoms with E-state index in [9.17, 15) is 14.0 Å². The van der Waals surface area contributed by atoms with Crippen LogP contribution in [-0.2, 0) is 23.8 Å². The van der Waals surface area contributed by atoms with E-state index in [1.165, 1.54) is 24.3 Å². The van der Waals surface area contributed by atoms with E-state index in [-0.39, 0.29) is 23.8 Å². The minimum absolute atomic E-state index is 0.0421. The summed E-state index contributed by atoms with van der Waals surface area (Å²) in [6.07, 6.45) is 4.90. The van der Waals surface area contributed by atoms with E-state index in [0.29, 0.717) is 36.7 Å². The highest BCUT2D eigenvalue weighted by molar-refractivity contribution is 6.26. The largest absolute Gasteiger partial charge is 0.460 e. The van der Waals surface area contributed by atoms with Crippen LogP contribution in [0.15, 0.2) is 66.0 Å². The zero-order valence-corrected chi connectivity index (χ0v) is 18.8. The number of ether oxygens (including phenoxy) is 3.